The molecule has 98 valence electrons. The van der Waals surface area contributed by atoms with Gasteiger partial charge in [-0.05, 0) is 11.5 Å². The predicted molar refractivity (Wildman–Crippen MR) is 65.3 cm³/mol. The average molecular weight is 251 g/mol. The molecule has 18 heavy (non-hydrogen) atoms. The van der Waals surface area contributed by atoms with Gasteiger partial charge >= 0.3 is 5.97 Å². The fourth-order valence-corrected chi connectivity index (χ4v) is 1.53. The van der Waals surface area contributed by atoms with E-state index in [0.717, 1.165) is 5.56 Å². The number of hydroxylamine groups is 1. The molecule has 0 aliphatic carbocycles. The van der Waals surface area contributed by atoms with Crippen molar-refractivity contribution in [3.63, 3.8) is 0 Å². The van der Waals surface area contributed by atoms with Crippen LogP contribution >= 0.6 is 0 Å². The van der Waals surface area contributed by atoms with Crippen molar-refractivity contribution in [1.82, 2.24) is 5.48 Å². The summed E-state index contributed by atoms with van der Waals surface area (Å²) >= 11 is 0. The molecule has 0 heterocycles. The standard InChI is InChI=1S/C13H17NO4/c1-9(2)11(13(16)17)12(15)14-18-8-10-6-4-3-5-7-10/h3-7,9,11H,8H2,1-2H3,(H,14,15)(H,16,17)/t11-/m1/s1. The van der Waals surface area contributed by atoms with E-state index in [9.17, 15) is 9.59 Å². The lowest BCUT2D eigenvalue weighted by atomic mass is 9.95. The molecule has 0 saturated carbocycles. The van der Waals surface area contributed by atoms with Crippen LogP contribution in [0.25, 0.3) is 0 Å². The Morgan fingerprint density at radius 1 is 1.28 bits per heavy atom. The number of rotatable bonds is 6. The Morgan fingerprint density at radius 3 is 2.39 bits per heavy atom. The third-order valence-electron chi connectivity index (χ3n) is 2.47. The molecule has 0 radical (unpaired) electrons. The van der Waals surface area contributed by atoms with E-state index >= 15 is 0 Å². The molecule has 5 nitrogen and oxygen atoms in total. The smallest absolute Gasteiger partial charge is 0.316 e. The first-order valence-corrected chi connectivity index (χ1v) is 5.70. The van der Waals surface area contributed by atoms with Gasteiger partial charge in [-0.2, -0.15) is 0 Å². The van der Waals surface area contributed by atoms with Crippen molar-refractivity contribution >= 4 is 11.9 Å². The first-order valence-electron chi connectivity index (χ1n) is 5.70. The van der Waals surface area contributed by atoms with E-state index in [1.165, 1.54) is 0 Å². The highest BCUT2D eigenvalue weighted by atomic mass is 16.6. The molecule has 0 saturated heterocycles. The molecule has 5 heteroatoms. The van der Waals surface area contributed by atoms with Gasteiger partial charge in [0, 0.05) is 0 Å². The molecule has 1 amide bonds. The molecule has 0 aromatic heterocycles. The van der Waals surface area contributed by atoms with Crippen molar-refractivity contribution < 1.29 is 19.5 Å². The Hall–Kier alpha value is -1.88. The zero-order chi connectivity index (χ0) is 13.5. The van der Waals surface area contributed by atoms with Crippen LogP contribution in [0, 0.1) is 11.8 Å². The maximum atomic E-state index is 11.6. The van der Waals surface area contributed by atoms with Crippen LogP contribution in [0.1, 0.15) is 19.4 Å². The van der Waals surface area contributed by atoms with E-state index in [1.54, 1.807) is 13.8 Å². The van der Waals surface area contributed by atoms with Crippen LogP contribution in [0.2, 0.25) is 0 Å². The van der Waals surface area contributed by atoms with Crippen molar-refractivity contribution in [3.05, 3.63) is 35.9 Å². The number of amides is 1. The Kier molecular flexibility index (Phi) is 5.32. The number of hydrogen-bond acceptors (Lipinski definition) is 3. The summed E-state index contributed by atoms with van der Waals surface area (Å²) in [6.45, 7) is 3.56. The lowest BCUT2D eigenvalue weighted by Gasteiger charge is -2.15. The van der Waals surface area contributed by atoms with Gasteiger partial charge in [0.2, 0.25) is 0 Å². The number of benzene rings is 1. The minimum absolute atomic E-state index is 0.205. The number of carbonyl (C=O) groups excluding carboxylic acids is 1. The number of carbonyl (C=O) groups is 2. The molecule has 0 bridgehead atoms. The van der Waals surface area contributed by atoms with E-state index in [1.807, 2.05) is 30.3 Å². The summed E-state index contributed by atoms with van der Waals surface area (Å²) in [4.78, 5) is 27.5. The fourth-order valence-electron chi connectivity index (χ4n) is 1.53. The molecule has 1 rings (SSSR count). The Balaban J connectivity index is 2.43. The second-order valence-corrected chi connectivity index (χ2v) is 4.30. The predicted octanol–water partition coefficient (Wildman–Crippen LogP) is 1.59. The second kappa shape index (κ2) is 6.76. The van der Waals surface area contributed by atoms with E-state index in [-0.39, 0.29) is 12.5 Å². The largest absolute Gasteiger partial charge is 0.481 e. The normalized spacial score (nSPS) is 12.2. The summed E-state index contributed by atoms with van der Waals surface area (Å²) in [5.41, 5.74) is 3.07. The van der Waals surface area contributed by atoms with Crippen molar-refractivity contribution in [2.75, 3.05) is 0 Å². The minimum atomic E-state index is -1.15. The highest BCUT2D eigenvalue weighted by Gasteiger charge is 2.29. The summed E-state index contributed by atoms with van der Waals surface area (Å²) in [6, 6.07) is 9.29. The first kappa shape index (κ1) is 14.2. The molecule has 2 N–H and O–H groups in total. The summed E-state index contributed by atoms with van der Waals surface area (Å²) in [7, 11) is 0. The van der Waals surface area contributed by atoms with Crippen LogP contribution in [0.5, 0.6) is 0 Å². The maximum absolute atomic E-state index is 11.6. The summed E-state index contributed by atoms with van der Waals surface area (Å²) in [5.74, 6) is -3.16. The molecule has 0 fully saturated rings. The monoisotopic (exact) mass is 251 g/mol. The average Bonchev–Trinajstić information content (AvgIpc) is 2.29. The van der Waals surface area contributed by atoms with Gasteiger partial charge in [0.15, 0.2) is 0 Å². The van der Waals surface area contributed by atoms with Gasteiger partial charge in [0.1, 0.15) is 5.92 Å². The number of aliphatic carboxylic acids is 1. The summed E-state index contributed by atoms with van der Waals surface area (Å²) in [5, 5.41) is 8.91. The van der Waals surface area contributed by atoms with Gasteiger partial charge in [-0.15, -0.1) is 0 Å². The first-order chi connectivity index (χ1) is 8.52. The quantitative estimate of drug-likeness (QED) is 0.594. The molecular formula is C13H17NO4. The van der Waals surface area contributed by atoms with Crippen LogP contribution in [-0.2, 0) is 21.0 Å². The third-order valence-corrected chi connectivity index (χ3v) is 2.47. The summed E-state index contributed by atoms with van der Waals surface area (Å²) in [6.07, 6.45) is 0. The molecule has 1 aromatic rings. The van der Waals surface area contributed by atoms with Gasteiger partial charge in [0.25, 0.3) is 5.91 Å². The maximum Gasteiger partial charge on any atom is 0.316 e. The van der Waals surface area contributed by atoms with E-state index in [0.29, 0.717) is 0 Å². The van der Waals surface area contributed by atoms with Gasteiger partial charge in [-0.25, -0.2) is 5.48 Å². The van der Waals surface area contributed by atoms with E-state index in [2.05, 4.69) is 5.48 Å². The Bertz CT molecular complexity index is 403. The van der Waals surface area contributed by atoms with Crippen LogP contribution < -0.4 is 5.48 Å². The Labute approximate surface area is 106 Å². The van der Waals surface area contributed by atoms with Crippen LogP contribution in [0.15, 0.2) is 30.3 Å². The fraction of sp³-hybridized carbons (Fsp3) is 0.385. The number of carboxylic acid groups (broad SMARTS) is 1. The zero-order valence-electron chi connectivity index (χ0n) is 10.4. The van der Waals surface area contributed by atoms with Crippen molar-refractivity contribution in [2.45, 2.75) is 20.5 Å². The van der Waals surface area contributed by atoms with Crippen LogP contribution in [-0.4, -0.2) is 17.0 Å². The molecule has 1 atom stereocenters. The van der Waals surface area contributed by atoms with E-state index < -0.39 is 17.8 Å². The van der Waals surface area contributed by atoms with Crippen LogP contribution in [0.4, 0.5) is 0 Å². The number of nitrogens with one attached hydrogen (secondary N) is 1. The molecular weight excluding hydrogens is 234 g/mol. The second-order valence-electron chi connectivity index (χ2n) is 4.30. The van der Waals surface area contributed by atoms with Gasteiger partial charge in [-0.1, -0.05) is 44.2 Å². The lowest BCUT2D eigenvalue weighted by Crippen LogP contribution is -2.38. The zero-order valence-corrected chi connectivity index (χ0v) is 10.4. The molecule has 0 aliphatic rings. The topological polar surface area (TPSA) is 75.6 Å². The minimum Gasteiger partial charge on any atom is -0.481 e. The Morgan fingerprint density at radius 2 is 1.89 bits per heavy atom. The molecule has 1 aromatic carbocycles. The third kappa shape index (κ3) is 4.18. The molecule has 0 spiro atoms. The van der Waals surface area contributed by atoms with Crippen molar-refractivity contribution in [3.8, 4) is 0 Å². The van der Waals surface area contributed by atoms with Crippen molar-refractivity contribution in [1.29, 1.82) is 0 Å². The molecule has 0 aliphatic heterocycles. The number of carboxylic acids is 1. The highest BCUT2D eigenvalue weighted by Crippen LogP contribution is 2.11. The highest BCUT2D eigenvalue weighted by molar-refractivity contribution is 5.96. The van der Waals surface area contributed by atoms with Crippen molar-refractivity contribution in [2.24, 2.45) is 11.8 Å². The SMILES string of the molecule is CC(C)[C@@H](C(=O)O)C(=O)NOCc1ccccc1. The van der Waals surface area contributed by atoms with Crippen LogP contribution in [0.3, 0.4) is 0 Å². The van der Waals surface area contributed by atoms with Gasteiger partial charge in [-0.3, -0.25) is 14.4 Å². The summed E-state index contributed by atoms with van der Waals surface area (Å²) < 4.78 is 0. The molecule has 0 unspecified atom stereocenters. The number of hydrogen-bond donors (Lipinski definition) is 2. The van der Waals surface area contributed by atoms with Gasteiger partial charge < -0.3 is 5.11 Å². The van der Waals surface area contributed by atoms with Gasteiger partial charge in [0.05, 0.1) is 6.61 Å². The lowest BCUT2D eigenvalue weighted by molar-refractivity contribution is -0.154. The van der Waals surface area contributed by atoms with E-state index in [4.69, 9.17) is 9.94 Å².